The zero-order chi connectivity index (χ0) is 39.6. The Morgan fingerprint density at radius 3 is 2.42 bits per heavy atom. The number of hydrogen-bond donors (Lipinski definition) is 1. The van der Waals surface area contributed by atoms with Gasteiger partial charge in [-0.25, -0.2) is 0 Å². The van der Waals surface area contributed by atoms with E-state index in [1.807, 2.05) is 122 Å². The number of methoxy groups -OCH3 is 1. The minimum absolute atomic E-state index is 0.0734. The fourth-order valence-corrected chi connectivity index (χ4v) is 12.1. The molecule has 4 heterocycles. The van der Waals surface area contributed by atoms with Crippen molar-refractivity contribution in [3.63, 3.8) is 0 Å². The van der Waals surface area contributed by atoms with Crippen molar-refractivity contribution < 1.29 is 28.3 Å². The Labute approximate surface area is 331 Å². The highest BCUT2D eigenvalue weighted by Crippen LogP contribution is 2.61. The molecule has 5 aromatic carbocycles. The van der Waals surface area contributed by atoms with Gasteiger partial charge < -0.3 is 23.6 Å². The number of benzene rings is 5. The third kappa shape index (κ3) is 5.96. The Hall–Kier alpha value is -5.69. The molecule has 5 atom stereocenters. The van der Waals surface area contributed by atoms with Crippen LogP contribution in [0.1, 0.15) is 52.0 Å². The van der Waals surface area contributed by atoms with E-state index in [4.69, 9.17) is 9.47 Å². The molecule has 2 amide bonds. The van der Waals surface area contributed by atoms with Gasteiger partial charge in [0.2, 0.25) is 8.41 Å². The summed E-state index contributed by atoms with van der Waals surface area (Å²) < 4.78 is 30.9. The number of aliphatic hydroxyl groups excluding tert-OH is 1. The van der Waals surface area contributed by atoms with Crippen LogP contribution in [0, 0.1) is 5.92 Å². The van der Waals surface area contributed by atoms with Crippen LogP contribution in [0.15, 0.2) is 115 Å². The number of aliphatic hydroxyl groups is 1. The number of aryl methyl sites for hydroxylation is 1. The molecule has 1 spiro atoms. The summed E-state index contributed by atoms with van der Waals surface area (Å²) in [6.07, 6.45) is 1.66. The predicted octanol–water partition coefficient (Wildman–Crippen LogP) is 8.27. The van der Waals surface area contributed by atoms with Gasteiger partial charge in [0, 0.05) is 40.8 Å². The first-order valence-corrected chi connectivity index (χ1v) is 22.4. The Kier molecular flexibility index (Phi) is 9.10. The molecule has 10 nitrogen and oxygen atoms in total. The first-order valence-electron chi connectivity index (χ1n) is 19.4. The summed E-state index contributed by atoms with van der Waals surface area (Å²) in [5.74, 6) is -0.528. The van der Waals surface area contributed by atoms with E-state index in [0.29, 0.717) is 41.2 Å². The second kappa shape index (κ2) is 14.0. The molecule has 1 fully saturated rings. The molecular formula is C45H44FN5O5Si. The van der Waals surface area contributed by atoms with Crippen molar-refractivity contribution in [3.8, 4) is 5.75 Å². The Bertz CT molecular complexity index is 2500. The van der Waals surface area contributed by atoms with Crippen molar-refractivity contribution in [2.75, 3.05) is 23.5 Å². The van der Waals surface area contributed by atoms with E-state index in [0.717, 1.165) is 33.3 Å². The number of halogens is 1. The van der Waals surface area contributed by atoms with Crippen LogP contribution >= 0.6 is 0 Å². The molecule has 1 saturated heterocycles. The van der Waals surface area contributed by atoms with Gasteiger partial charge >= 0.3 is 0 Å². The SMILES string of the molecule is COc1ccc2c(c1)[C@@]1(O[C@H](CCn3cc(C(CO)c4ccccc4)nn3)[C@@H]([Si](C)(C)F)[C@@H]1C)C(=O)N2Cc1ccc(N2C(=O)c3cccc4cccc2c34)cc1. The number of ether oxygens (including phenoxy) is 2. The summed E-state index contributed by atoms with van der Waals surface area (Å²) in [4.78, 5) is 32.1. The lowest BCUT2D eigenvalue weighted by atomic mass is 9.82. The second-order valence-corrected chi connectivity index (χ2v) is 19.7. The zero-order valence-electron chi connectivity index (χ0n) is 32.3. The first kappa shape index (κ1) is 36.9. The lowest BCUT2D eigenvalue weighted by molar-refractivity contribution is -0.146. The second-order valence-electron chi connectivity index (χ2n) is 15.9. The van der Waals surface area contributed by atoms with Crippen LogP contribution in [0.5, 0.6) is 5.75 Å². The van der Waals surface area contributed by atoms with E-state index in [1.165, 1.54) is 0 Å². The molecule has 57 heavy (non-hydrogen) atoms. The van der Waals surface area contributed by atoms with Crippen LogP contribution in [0.2, 0.25) is 18.6 Å². The van der Waals surface area contributed by atoms with E-state index in [9.17, 15) is 9.90 Å². The molecule has 0 saturated carbocycles. The summed E-state index contributed by atoms with van der Waals surface area (Å²) in [7, 11) is -1.83. The number of hydrogen-bond acceptors (Lipinski definition) is 7. The van der Waals surface area contributed by atoms with Crippen molar-refractivity contribution in [1.29, 1.82) is 0 Å². The van der Waals surface area contributed by atoms with E-state index in [2.05, 4.69) is 10.3 Å². The lowest BCUT2D eigenvalue weighted by Gasteiger charge is -2.31. The van der Waals surface area contributed by atoms with Crippen molar-refractivity contribution in [1.82, 2.24) is 15.0 Å². The first-order chi connectivity index (χ1) is 27.5. The fraction of sp³-hybridized carbons (Fsp3) is 0.289. The number of carbonyl (C=O) groups is 2. The van der Waals surface area contributed by atoms with Gasteiger partial charge in [-0.1, -0.05) is 78.9 Å². The normalized spacial score (nSPS) is 21.9. The molecule has 0 bridgehead atoms. The number of anilines is 3. The molecule has 9 rings (SSSR count). The molecule has 6 aromatic rings. The molecule has 1 N–H and O–H groups in total. The number of aromatic nitrogens is 3. The van der Waals surface area contributed by atoms with E-state index < -0.39 is 31.6 Å². The fourth-order valence-electron chi connectivity index (χ4n) is 9.58. The minimum atomic E-state index is -3.42. The van der Waals surface area contributed by atoms with Crippen molar-refractivity contribution >= 4 is 48.1 Å². The summed E-state index contributed by atoms with van der Waals surface area (Å²) in [5.41, 5.74) is 4.16. The largest absolute Gasteiger partial charge is 0.497 e. The maximum Gasteiger partial charge on any atom is 0.264 e. The molecule has 0 aliphatic carbocycles. The average molecular weight is 782 g/mol. The maximum absolute atomic E-state index is 16.6. The van der Waals surface area contributed by atoms with Gasteiger partial charge in [-0.05, 0) is 78.5 Å². The predicted molar refractivity (Wildman–Crippen MR) is 219 cm³/mol. The Morgan fingerprint density at radius 1 is 0.947 bits per heavy atom. The average Bonchev–Trinajstić information content (AvgIpc) is 3.94. The van der Waals surface area contributed by atoms with Gasteiger partial charge in [-0.15, -0.1) is 5.10 Å². The van der Waals surface area contributed by atoms with Crippen LogP contribution < -0.4 is 14.5 Å². The van der Waals surface area contributed by atoms with Gasteiger partial charge in [-0.2, -0.15) is 0 Å². The smallest absolute Gasteiger partial charge is 0.264 e. The zero-order valence-corrected chi connectivity index (χ0v) is 33.3. The molecule has 3 aliphatic heterocycles. The lowest BCUT2D eigenvalue weighted by Crippen LogP contribution is -2.45. The number of amides is 2. The quantitative estimate of drug-likeness (QED) is 0.104. The standard InChI is InChI=1S/C45H44FN5O5Si/c1-28-42(57(3,4)46)40(22-23-49-26-37(47-48-49)35(27-52)30-10-6-5-7-11-30)56-45(28)36-24-33(55-2)20-21-38(36)50(44(45)54)25-29-16-18-32(19-17-29)51-39-15-9-13-31-12-8-14-34(41(31)39)43(51)53/h5-21,24,26,28,35,40,42,52H,22-23,25,27H2,1-4H3/t28-,35?,40+,42-,45+/m0/s1. The highest BCUT2D eigenvalue weighted by molar-refractivity contribution is 6.72. The van der Waals surface area contributed by atoms with Gasteiger partial charge in [0.15, 0.2) is 5.60 Å². The molecule has 0 radical (unpaired) electrons. The summed E-state index contributed by atoms with van der Waals surface area (Å²) >= 11 is 0. The van der Waals surface area contributed by atoms with Crippen LogP contribution in [0.4, 0.5) is 21.2 Å². The number of nitrogens with zero attached hydrogens (tertiary/aromatic N) is 5. The molecule has 1 unspecified atom stereocenters. The van der Waals surface area contributed by atoms with E-state index in [-0.39, 0.29) is 30.9 Å². The molecule has 12 heteroatoms. The monoisotopic (exact) mass is 781 g/mol. The van der Waals surface area contributed by atoms with Crippen molar-refractivity contribution in [2.45, 2.75) is 62.7 Å². The molecular weight excluding hydrogens is 738 g/mol. The van der Waals surface area contributed by atoms with Gasteiger partial charge in [0.05, 0.1) is 54.9 Å². The minimum Gasteiger partial charge on any atom is -0.497 e. The number of carbonyl (C=O) groups excluding carboxylic acids is 2. The highest BCUT2D eigenvalue weighted by Gasteiger charge is 2.66. The Morgan fingerprint density at radius 2 is 1.70 bits per heavy atom. The summed E-state index contributed by atoms with van der Waals surface area (Å²) in [6, 6.07) is 34.7. The Balaban J connectivity index is 0.995. The van der Waals surface area contributed by atoms with E-state index in [1.54, 1.807) is 34.7 Å². The number of rotatable bonds is 11. The topological polar surface area (TPSA) is 110 Å². The van der Waals surface area contributed by atoms with Gasteiger partial charge in [-0.3, -0.25) is 19.2 Å². The van der Waals surface area contributed by atoms with Crippen LogP contribution in [-0.4, -0.2) is 60.1 Å². The van der Waals surface area contributed by atoms with Crippen LogP contribution in [-0.2, 0) is 28.2 Å². The molecule has 290 valence electrons. The highest BCUT2D eigenvalue weighted by atomic mass is 28.4. The number of fused-ring (bicyclic) bond motifs is 2. The van der Waals surface area contributed by atoms with Gasteiger partial charge in [0.1, 0.15) is 5.75 Å². The van der Waals surface area contributed by atoms with E-state index >= 15 is 8.90 Å². The van der Waals surface area contributed by atoms with Crippen molar-refractivity contribution in [2.24, 2.45) is 5.92 Å². The van der Waals surface area contributed by atoms with Crippen molar-refractivity contribution in [3.05, 3.63) is 143 Å². The van der Waals surface area contributed by atoms with Crippen LogP contribution in [0.3, 0.4) is 0 Å². The third-order valence-electron chi connectivity index (χ3n) is 12.2. The summed E-state index contributed by atoms with van der Waals surface area (Å²) in [6.45, 7) is 5.86. The maximum atomic E-state index is 16.6. The van der Waals surface area contributed by atoms with Gasteiger partial charge in [0.25, 0.3) is 11.8 Å². The van der Waals surface area contributed by atoms with Crippen LogP contribution in [0.25, 0.3) is 10.8 Å². The molecule has 1 aromatic heterocycles. The third-order valence-corrected chi connectivity index (χ3v) is 14.7. The molecule has 3 aliphatic rings. The summed E-state index contributed by atoms with van der Waals surface area (Å²) in [5, 5.41) is 20.9.